The van der Waals surface area contributed by atoms with Crippen LogP contribution in [0.4, 0.5) is 0 Å². The van der Waals surface area contributed by atoms with Crippen LogP contribution in [-0.2, 0) is 9.53 Å². The fraction of sp³-hybridized carbons (Fsp3) is 0.800. The van der Waals surface area contributed by atoms with Crippen LogP contribution >= 0.6 is 0 Å². The van der Waals surface area contributed by atoms with Crippen LogP contribution < -0.4 is 5.32 Å². The zero-order chi connectivity index (χ0) is 10.4. The molecule has 1 amide bonds. The van der Waals surface area contributed by atoms with E-state index >= 15 is 0 Å². The minimum absolute atomic E-state index is 0.107. The van der Waals surface area contributed by atoms with Crippen molar-refractivity contribution < 1.29 is 9.53 Å². The van der Waals surface area contributed by atoms with Gasteiger partial charge < -0.3 is 10.1 Å². The van der Waals surface area contributed by atoms with Crippen LogP contribution in [0.15, 0.2) is 0 Å². The number of carbonyl (C=O) groups is 1. The Morgan fingerprint density at radius 3 is 3.07 bits per heavy atom. The lowest BCUT2D eigenvalue weighted by Crippen LogP contribution is -2.38. The Labute approximate surface area is 84.2 Å². The Bertz CT molecular complexity index is 229. The van der Waals surface area contributed by atoms with Crippen LogP contribution in [0, 0.1) is 17.2 Å². The lowest BCUT2D eigenvalue weighted by atomic mass is 10.0. The quantitative estimate of drug-likeness (QED) is 0.724. The maximum absolute atomic E-state index is 11.5. The van der Waals surface area contributed by atoms with Gasteiger partial charge in [-0.25, -0.2) is 0 Å². The summed E-state index contributed by atoms with van der Waals surface area (Å²) in [5, 5.41) is 11.6. The Balaban J connectivity index is 2.35. The highest BCUT2D eigenvalue weighted by Crippen LogP contribution is 2.08. The van der Waals surface area contributed by atoms with E-state index in [2.05, 4.69) is 5.32 Å². The van der Waals surface area contributed by atoms with E-state index < -0.39 is 5.92 Å². The van der Waals surface area contributed by atoms with Gasteiger partial charge in [-0.1, -0.05) is 13.3 Å². The average molecular weight is 196 g/mol. The van der Waals surface area contributed by atoms with Crippen LogP contribution in [-0.4, -0.2) is 25.2 Å². The molecule has 0 radical (unpaired) electrons. The van der Waals surface area contributed by atoms with Crippen LogP contribution in [0.3, 0.4) is 0 Å². The van der Waals surface area contributed by atoms with E-state index in [0.29, 0.717) is 19.6 Å². The number of nitrogens with one attached hydrogen (secondary N) is 1. The smallest absolute Gasteiger partial charge is 0.237 e. The first-order valence-corrected chi connectivity index (χ1v) is 5.05. The highest BCUT2D eigenvalue weighted by atomic mass is 16.5. The van der Waals surface area contributed by atoms with Crippen LogP contribution in [0.5, 0.6) is 0 Å². The number of nitriles is 1. The van der Waals surface area contributed by atoms with Crippen molar-refractivity contribution in [2.45, 2.75) is 32.2 Å². The van der Waals surface area contributed by atoms with Crippen molar-refractivity contribution in [3.63, 3.8) is 0 Å². The van der Waals surface area contributed by atoms with Crippen molar-refractivity contribution in [3.05, 3.63) is 0 Å². The molecule has 0 aromatic rings. The topological polar surface area (TPSA) is 62.1 Å². The highest BCUT2D eigenvalue weighted by Gasteiger charge is 2.22. The predicted octanol–water partition coefficient (Wildman–Crippen LogP) is 0.831. The molecule has 1 fully saturated rings. The van der Waals surface area contributed by atoms with Gasteiger partial charge in [-0.3, -0.25) is 4.79 Å². The molecule has 2 atom stereocenters. The number of carbonyl (C=O) groups excluding carboxylic acids is 1. The molecule has 0 saturated carbocycles. The summed E-state index contributed by atoms with van der Waals surface area (Å²) in [4.78, 5) is 11.5. The van der Waals surface area contributed by atoms with Gasteiger partial charge in [-0.15, -0.1) is 0 Å². The van der Waals surface area contributed by atoms with E-state index in [1.807, 2.05) is 13.0 Å². The first-order chi connectivity index (χ1) is 6.77. The minimum Gasteiger partial charge on any atom is -0.379 e. The Kier molecular flexibility index (Phi) is 4.41. The van der Waals surface area contributed by atoms with Crippen LogP contribution in [0.2, 0.25) is 0 Å². The summed E-state index contributed by atoms with van der Waals surface area (Å²) in [7, 11) is 0. The molecule has 0 bridgehead atoms. The average Bonchev–Trinajstić information content (AvgIpc) is 2.66. The van der Waals surface area contributed by atoms with E-state index in [1.165, 1.54) is 0 Å². The molecule has 1 aliphatic rings. The third kappa shape index (κ3) is 3.00. The first-order valence-electron chi connectivity index (χ1n) is 5.05. The van der Waals surface area contributed by atoms with Gasteiger partial charge >= 0.3 is 0 Å². The maximum atomic E-state index is 11.5. The van der Waals surface area contributed by atoms with Crippen LogP contribution in [0.1, 0.15) is 26.2 Å². The zero-order valence-electron chi connectivity index (χ0n) is 8.45. The maximum Gasteiger partial charge on any atom is 0.237 e. The van der Waals surface area contributed by atoms with Crippen molar-refractivity contribution in [1.82, 2.24) is 5.32 Å². The zero-order valence-corrected chi connectivity index (χ0v) is 8.45. The Morgan fingerprint density at radius 1 is 1.79 bits per heavy atom. The van der Waals surface area contributed by atoms with E-state index in [4.69, 9.17) is 10.00 Å². The van der Waals surface area contributed by atoms with Crippen molar-refractivity contribution in [1.29, 1.82) is 5.26 Å². The largest absolute Gasteiger partial charge is 0.379 e. The molecule has 1 N–H and O–H groups in total. The summed E-state index contributed by atoms with van der Waals surface area (Å²) in [5.74, 6) is -0.648. The number of rotatable bonds is 4. The number of nitrogens with zero attached hydrogens (tertiary/aromatic N) is 1. The molecule has 2 unspecified atom stereocenters. The molecule has 0 aliphatic carbocycles. The molecule has 0 aromatic heterocycles. The van der Waals surface area contributed by atoms with Gasteiger partial charge in [0.05, 0.1) is 18.7 Å². The summed E-state index contributed by atoms with van der Waals surface area (Å²) in [6.07, 6.45) is 2.35. The van der Waals surface area contributed by atoms with Gasteiger partial charge in [-0.05, 0) is 12.8 Å². The molecule has 1 heterocycles. The molecule has 0 aromatic carbocycles. The SMILES string of the molecule is CCCC(C#N)C(=O)NC1CCOC1. The van der Waals surface area contributed by atoms with Gasteiger partial charge in [0, 0.05) is 6.61 Å². The van der Waals surface area contributed by atoms with Crippen molar-refractivity contribution in [3.8, 4) is 6.07 Å². The molecule has 1 aliphatic heterocycles. The molecule has 78 valence electrons. The molecule has 1 saturated heterocycles. The second-order valence-electron chi connectivity index (χ2n) is 3.54. The number of ether oxygens (including phenoxy) is 1. The fourth-order valence-electron chi connectivity index (χ4n) is 1.49. The van der Waals surface area contributed by atoms with Gasteiger partial charge in [-0.2, -0.15) is 5.26 Å². The number of hydrogen-bond acceptors (Lipinski definition) is 3. The molecular formula is C10H16N2O2. The molecule has 4 heteroatoms. The Hall–Kier alpha value is -1.08. The van der Waals surface area contributed by atoms with Gasteiger partial charge in [0.15, 0.2) is 0 Å². The standard InChI is InChI=1S/C10H16N2O2/c1-2-3-8(6-11)10(13)12-9-4-5-14-7-9/h8-9H,2-5,7H2,1H3,(H,12,13). The van der Waals surface area contributed by atoms with E-state index in [9.17, 15) is 4.79 Å². The van der Waals surface area contributed by atoms with Gasteiger partial charge in [0.2, 0.25) is 5.91 Å². The summed E-state index contributed by atoms with van der Waals surface area (Å²) in [5.41, 5.74) is 0. The van der Waals surface area contributed by atoms with Crippen molar-refractivity contribution in [2.75, 3.05) is 13.2 Å². The third-order valence-electron chi connectivity index (χ3n) is 2.33. The fourth-order valence-corrected chi connectivity index (χ4v) is 1.49. The molecular weight excluding hydrogens is 180 g/mol. The molecule has 14 heavy (non-hydrogen) atoms. The predicted molar refractivity (Wildman–Crippen MR) is 51.4 cm³/mol. The highest BCUT2D eigenvalue weighted by molar-refractivity contribution is 5.81. The Morgan fingerprint density at radius 2 is 2.57 bits per heavy atom. The first kappa shape index (κ1) is 11.0. The summed E-state index contributed by atoms with van der Waals surface area (Å²) in [6.45, 7) is 3.25. The lowest BCUT2D eigenvalue weighted by molar-refractivity contribution is -0.124. The third-order valence-corrected chi connectivity index (χ3v) is 2.33. The van der Waals surface area contributed by atoms with Gasteiger partial charge in [0.1, 0.15) is 5.92 Å². The second-order valence-corrected chi connectivity index (χ2v) is 3.54. The summed E-state index contributed by atoms with van der Waals surface area (Å²) >= 11 is 0. The normalized spacial score (nSPS) is 22.7. The molecule has 0 spiro atoms. The van der Waals surface area contributed by atoms with E-state index in [1.54, 1.807) is 0 Å². The number of hydrogen-bond donors (Lipinski definition) is 1. The summed E-state index contributed by atoms with van der Waals surface area (Å²) < 4.78 is 5.13. The van der Waals surface area contributed by atoms with Crippen LogP contribution in [0.25, 0.3) is 0 Å². The van der Waals surface area contributed by atoms with Crippen molar-refractivity contribution in [2.24, 2.45) is 5.92 Å². The molecule has 4 nitrogen and oxygen atoms in total. The second kappa shape index (κ2) is 5.61. The number of amides is 1. The monoisotopic (exact) mass is 196 g/mol. The summed E-state index contributed by atoms with van der Waals surface area (Å²) in [6, 6.07) is 2.13. The molecule has 1 rings (SSSR count). The minimum atomic E-state index is -0.499. The van der Waals surface area contributed by atoms with Gasteiger partial charge in [0.25, 0.3) is 0 Å². The van der Waals surface area contributed by atoms with Crippen molar-refractivity contribution >= 4 is 5.91 Å². The lowest BCUT2D eigenvalue weighted by Gasteiger charge is -2.13. The van der Waals surface area contributed by atoms with E-state index in [0.717, 1.165) is 12.8 Å². The van der Waals surface area contributed by atoms with E-state index in [-0.39, 0.29) is 11.9 Å².